The van der Waals surface area contributed by atoms with E-state index in [2.05, 4.69) is 38.1 Å². The maximum atomic E-state index is 11.1. The molecule has 6 heteroatoms. The van der Waals surface area contributed by atoms with Crippen molar-refractivity contribution in [2.24, 2.45) is 5.18 Å². The van der Waals surface area contributed by atoms with Crippen molar-refractivity contribution in [3.05, 3.63) is 58.0 Å². The summed E-state index contributed by atoms with van der Waals surface area (Å²) in [5, 5.41) is 14.4. The van der Waals surface area contributed by atoms with Gasteiger partial charge in [-0.05, 0) is 52.9 Å². The molecule has 0 aliphatic carbocycles. The van der Waals surface area contributed by atoms with Gasteiger partial charge in [0.25, 0.3) is 0 Å². The third kappa shape index (κ3) is 4.08. The second kappa shape index (κ2) is 7.61. The molecule has 3 rings (SSSR count). The highest BCUT2D eigenvalue weighted by Crippen LogP contribution is 2.39. The number of rotatable bonds is 6. The fourth-order valence-electron chi connectivity index (χ4n) is 3.07. The van der Waals surface area contributed by atoms with Gasteiger partial charge < -0.3 is 14.4 Å². The Labute approximate surface area is 163 Å². The largest absolute Gasteiger partial charge is 0.494 e. The maximum Gasteiger partial charge on any atom is 0.222 e. The van der Waals surface area contributed by atoms with E-state index in [0.29, 0.717) is 35.5 Å². The zero-order valence-corrected chi connectivity index (χ0v) is 16.5. The van der Waals surface area contributed by atoms with E-state index in [1.54, 1.807) is 22.8 Å². The lowest BCUT2D eigenvalue weighted by Gasteiger charge is -2.19. The van der Waals surface area contributed by atoms with Crippen LogP contribution in [0, 0.1) is 4.91 Å². The predicted octanol–water partition coefficient (Wildman–Crippen LogP) is 6.16. The zero-order chi connectivity index (χ0) is 19.6. The highest BCUT2D eigenvalue weighted by molar-refractivity contribution is 6.31. The number of aromatic nitrogens is 1. The molecular formula is C21H23ClN2O3. The summed E-state index contributed by atoms with van der Waals surface area (Å²) in [7, 11) is 0. The summed E-state index contributed by atoms with van der Waals surface area (Å²) in [5.74, 6) is 0.666. The van der Waals surface area contributed by atoms with E-state index in [0.717, 1.165) is 5.75 Å². The maximum absolute atomic E-state index is 11.1. The van der Waals surface area contributed by atoms with E-state index < -0.39 is 0 Å². The molecule has 0 saturated heterocycles. The van der Waals surface area contributed by atoms with Gasteiger partial charge in [-0.2, -0.15) is 0 Å². The smallest absolute Gasteiger partial charge is 0.222 e. The number of nitroso groups, excluding NO2 is 1. The van der Waals surface area contributed by atoms with Crippen molar-refractivity contribution in [2.45, 2.75) is 39.2 Å². The molecule has 0 amide bonds. The van der Waals surface area contributed by atoms with E-state index in [9.17, 15) is 10.0 Å². The van der Waals surface area contributed by atoms with Crippen LogP contribution in [0.1, 0.15) is 32.8 Å². The molecule has 1 aromatic heterocycles. The summed E-state index contributed by atoms with van der Waals surface area (Å²) in [6, 6.07) is 13.2. The Hall–Kier alpha value is -2.53. The quantitative estimate of drug-likeness (QED) is 0.407. The SMILES string of the molecule is CC(C)(C)c1ccc(OCCCn2c(O)c(N=O)c3ccc(Cl)cc32)cc1. The molecule has 1 N–H and O–H groups in total. The minimum Gasteiger partial charge on any atom is -0.494 e. The lowest BCUT2D eigenvalue weighted by Crippen LogP contribution is -2.10. The third-order valence-corrected chi connectivity index (χ3v) is 4.81. The van der Waals surface area contributed by atoms with E-state index in [-0.39, 0.29) is 17.0 Å². The lowest BCUT2D eigenvalue weighted by molar-refractivity contribution is 0.298. The molecule has 0 bridgehead atoms. The number of halogens is 1. The second-order valence-electron chi connectivity index (χ2n) is 7.55. The van der Waals surface area contributed by atoms with Gasteiger partial charge in [-0.3, -0.25) is 0 Å². The van der Waals surface area contributed by atoms with E-state index >= 15 is 0 Å². The highest BCUT2D eigenvalue weighted by atomic mass is 35.5. The highest BCUT2D eigenvalue weighted by Gasteiger charge is 2.17. The van der Waals surface area contributed by atoms with Crippen molar-refractivity contribution >= 4 is 28.2 Å². The zero-order valence-electron chi connectivity index (χ0n) is 15.7. The van der Waals surface area contributed by atoms with E-state index in [4.69, 9.17) is 16.3 Å². The molecular weight excluding hydrogens is 364 g/mol. The summed E-state index contributed by atoms with van der Waals surface area (Å²) in [5.41, 5.74) is 2.09. The predicted molar refractivity (Wildman–Crippen MR) is 109 cm³/mol. The van der Waals surface area contributed by atoms with Gasteiger partial charge >= 0.3 is 0 Å². The molecule has 0 atom stereocenters. The Morgan fingerprint density at radius 3 is 2.48 bits per heavy atom. The minimum atomic E-state index is -0.142. The number of ether oxygens (including phenoxy) is 1. The van der Waals surface area contributed by atoms with Crippen LogP contribution < -0.4 is 4.74 Å². The van der Waals surface area contributed by atoms with Crippen molar-refractivity contribution < 1.29 is 9.84 Å². The summed E-state index contributed by atoms with van der Waals surface area (Å²) in [4.78, 5) is 11.1. The van der Waals surface area contributed by atoms with Gasteiger partial charge in [-0.15, -0.1) is 4.91 Å². The van der Waals surface area contributed by atoms with Crippen LogP contribution in [0.3, 0.4) is 0 Å². The number of benzene rings is 2. The van der Waals surface area contributed by atoms with Crippen molar-refractivity contribution in [3.63, 3.8) is 0 Å². The monoisotopic (exact) mass is 386 g/mol. The average Bonchev–Trinajstić information content (AvgIpc) is 2.88. The average molecular weight is 387 g/mol. The fraction of sp³-hybridized carbons (Fsp3) is 0.333. The van der Waals surface area contributed by atoms with Crippen LogP contribution in [0.25, 0.3) is 10.9 Å². The number of nitrogens with zero attached hydrogens (tertiary/aromatic N) is 2. The summed E-state index contributed by atoms with van der Waals surface area (Å²) < 4.78 is 7.44. The number of hydrogen-bond donors (Lipinski definition) is 1. The fourth-order valence-corrected chi connectivity index (χ4v) is 3.24. The van der Waals surface area contributed by atoms with Crippen molar-refractivity contribution in [1.29, 1.82) is 0 Å². The standard InChI is InChI=1S/C21H23ClN2O3/c1-21(2,3)14-5-8-16(9-6-14)27-12-4-11-24-18-13-15(22)7-10-17(18)19(23-26)20(24)25/h5-10,13,25H,4,11-12H2,1-3H3. The minimum absolute atomic E-state index is 0.0420. The van der Waals surface area contributed by atoms with Gasteiger partial charge in [0.2, 0.25) is 5.88 Å². The van der Waals surface area contributed by atoms with Crippen LogP contribution in [-0.4, -0.2) is 16.3 Å². The number of aryl methyl sites for hydroxylation is 1. The second-order valence-corrected chi connectivity index (χ2v) is 7.99. The van der Waals surface area contributed by atoms with Gasteiger partial charge in [0.05, 0.1) is 12.1 Å². The number of fused-ring (bicyclic) bond motifs is 1. The molecule has 5 nitrogen and oxygen atoms in total. The molecule has 0 radical (unpaired) electrons. The van der Waals surface area contributed by atoms with Gasteiger partial charge in [-0.1, -0.05) is 44.5 Å². The molecule has 27 heavy (non-hydrogen) atoms. The summed E-state index contributed by atoms with van der Waals surface area (Å²) in [6.45, 7) is 7.49. The van der Waals surface area contributed by atoms with Gasteiger partial charge in [-0.25, -0.2) is 0 Å². The first-order valence-corrected chi connectivity index (χ1v) is 9.26. The molecule has 0 aliphatic rings. The van der Waals surface area contributed by atoms with Crippen LogP contribution in [0.5, 0.6) is 11.6 Å². The van der Waals surface area contributed by atoms with Crippen molar-refractivity contribution in [1.82, 2.24) is 4.57 Å². The van der Waals surface area contributed by atoms with E-state index in [1.165, 1.54) is 5.56 Å². The molecule has 0 unspecified atom stereocenters. The summed E-state index contributed by atoms with van der Waals surface area (Å²) >= 11 is 6.05. The normalized spacial score (nSPS) is 11.7. The number of aromatic hydroxyl groups is 1. The molecule has 2 aromatic carbocycles. The molecule has 3 aromatic rings. The van der Waals surface area contributed by atoms with Crippen LogP contribution >= 0.6 is 11.6 Å². The van der Waals surface area contributed by atoms with Crippen LogP contribution in [0.2, 0.25) is 5.02 Å². The Bertz CT molecular complexity index is 956. The number of hydrogen-bond acceptors (Lipinski definition) is 4. The molecule has 1 heterocycles. The molecule has 0 aliphatic heterocycles. The first kappa shape index (κ1) is 19.2. The first-order chi connectivity index (χ1) is 12.8. The topological polar surface area (TPSA) is 63.8 Å². The first-order valence-electron chi connectivity index (χ1n) is 8.88. The molecule has 0 fully saturated rings. The van der Waals surface area contributed by atoms with Crippen molar-refractivity contribution in [2.75, 3.05) is 6.61 Å². The Kier molecular flexibility index (Phi) is 5.42. The van der Waals surface area contributed by atoms with Crippen molar-refractivity contribution in [3.8, 4) is 11.6 Å². The molecule has 0 saturated carbocycles. The van der Waals surface area contributed by atoms with Crippen LogP contribution in [-0.2, 0) is 12.0 Å². The third-order valence-electron chi connectivity index (χ3n) is 4.58. The Morgan fingerprint density at radius 1 is 1.15 bits per heavy atom. The van der Waals surface area contributed by atoms with Gasteiger partial charge in [0.15, 0.2) is 5.69 Å². The van der Waals surface area contributed by atoms with Gasteiger partial charge in [0, 0.05) is 17.0 Å². The Balaban J connectivity index is 1.66. The molecule has 0 spiro atoms. The van der Waals surface area contributed by atoms with Gasteiger partial charge in [0.1, 0.15) is 5.75 Å². The Morgan fingerprint density at radius 2 is 1.85 bits per heavy atom. The van der Waals surface area contributed by atoms with Crippen LogP contribution in [0.4, 0.5) is 5.69 Å². The molecule has 142 valence electrons. The summed E-state index contributed by atoms with van der Waals surface area (Å²) in [6.07, 6.45) is 0.656. The lowest BCUT2D eigenvalue weighted by atomic mass is 9.87. The van der Waals surface area contributed by atoms with E-state index in [1.807, 2.05) is 12.1 Å². The van der Waals surface area contributed by atoms with Crippen LogP contribution in [0.15, 0.2) is 47.6 Å².